The molecule has 20 heavy (non-hydrogen) atoms. The van der Waals surface area contributed by atoms with Gasteiger partial charge in [0.05, 0.1) is 0 Å². The van der Waals surface area contributed by atoms with Gasteiger partial charge in [0, 0.05) is 18.5 Å². The fourth-order valence-electron chi connectivity index (χ4n) is 2.65. The van der Waals surface area contributed by atoms with Crippen molar-refractivity contribution in [3.05, 3.63) is 47.0 Å². The Bertz CT molecular complexity index is 551. The predicted octanol–water partition coefficient (Wildman–Crippen LogP) is 2.59. The first kappa shape index (κ1) is 14.7. The van der Waals surface area contributed by atoms with Crippen molar-refractivity contribution < 1.29 is 0 Å². The fourth-order valence-corrected chi connectivity index (χ4v) is 2.65. The van der Waals surface area contributed by atoms with Crippen LogP contribution >= 0.6 is 0 Å². The Balaban J connectivity index is 2.05. The summed E-state index contributed by atoms with van der Waals surface area (Å²) in [6.07, 6.45) is 3.23. The number of rotatable bonds is 5. The molecular weight excluding hydrogens is 248 g/mol. The Morgan fingerprint density at radius 1 is 1.10 bits per heavy atom. The van der Waals surface area contributed by atoms with Gasteiger partial charge in [0.25, 0.3) is 0 Å². The van der Waals surface area contributed by atoms with Crippen LogP contribution in [0.2, 0.25) is 0 Å². The predicted molar refractivity (Wildman–Crippen MR) is 81.7 cm³/mol. The number of hydrogen-bond acceptors (Lipinski definition) is 3. The summed E-state index contributed by atoms with van der Waals surface area (Å²) in [6, 6.07) is 6.99. The molecule has 1 aromatic heterocycles. The van der Waals surface area contributed by atoms with Crippen LogP contribution in [0.4, 0.5) is 0 Å². The van der Waals surface area contributed by atoms with Crippen LogP contribution in [0.25, 0.3) is 0 Å². The van der Waals surface area contributed by atoms with Crippen LogP contribution in [0.3, 0.4) is 0 Å². The lowest BCUT2D eigenvalue weighted by atomic mass is 10.00. The molecule has 1 heterocycles. The van der Waals surface area contributed by atoms with Gasteiger partial charge in [0.15, 0.2) is 0 Å². The molecule has 0 aliphatic heterocycles. The molecule has 0 saturated carbocycles. The smallest absolute Gasteiger partial charge is 0.138 e. The summed E-state index contributed by atoms with van der Waals surface area (Å²) in [6.45, 7) is 8.45. The summed E-state index contributed by atoms with van der Waals surface area (Å²) in [5.74, 6) is 0.969. The van der Waals surface area contributed by atoms with Crippen molar-refractivity contribution in [1.82, 2.24) is 14.8 Å². The van der Waals surface area contributed by atoms with Crippen LogP contribution < -0.4 is 5.73 Å². The highest BCUT2D eigenvalue weighted by Gasteiger charge is 2.13. The van der Waals surface area contributed by atoms with Gasteiger partial charge in [0.2, 0.25) is 0 Å². The summed E-state index contributed by atoms with van der Waals surface area (Å²) in [7, 11) is 0. The van der Waals surface area contributed by atoms with Gasteiger partial charge in [0.1, 0.15) is 12.2 Å². The molecule has 0 spiro atoms. The molecule has 2 rings (SSSR count). The average molecular weight is 272 g/mol. The molecule has 0 aliphatic rings. The van der Waals surface area contributed by atoms with Crippen LogP contribution in [0.1, 0.15) is 42.4 Å². The SMILES string of the molecule is Cc1cc(C)cc(CC(N)Cc2ncnn2C(C)C)c1. The zero-order valence-corrected chi connectivity index (χ0v) is 12.8. The van der Waals surface area contributed by atoms with Gasteiger partial charge in [-0.15, -0.1) is 0 Å². The van der Waals surface area contributed by atoms with E-state index in [4.69, 9.17) is 5.73 Å². The van der Waals surface area contributed by atoms with Gasteiger partial charge < -0.3 is 5.73 Å². The third-order valence-electron chi connectivity index (χ3n) is 3.36. The highest BCUT2D eigenvalue weighted by Crippen LogP contribution is 2.13. The Kier molecular flexibility index (Phi) is 4.55. The quantitative estimate of drug-likeness (QED) is 0.910. The Hall–Kier alpha value is -1.68. The Morgan fingerprint density at radius 3 is 2.35 bits per heavy atom. The topological polar surface area (TPSA) is 56.7 Å². The maximum absolute atomic E-state index is 6.29. The van der Waals surface area contributed by atoms with Crippen LogP contribution in [0.15, 0.2) is 24.5 Å². The average Bonchev–Trinajstić information content (AvgIpc) is 2.75. The van der Waals surface area contributed by atoms with Crippen molar-refractivity contribution in [2.75, 3.05) is 0 Å². The van der Waals surface area contributed by atoms with E-state index in [-0.39, 0.29) is 6.04 Å². The first-order chi connectivity index (χ1) is 9.45. The van der Waals surface area contributed by atoms with Crippen LogP contribution in [0, 0.1) is 13.8 Å². The minimum Gasteiger partial charge on any atom is -0.327 e. The summed E-state index contributed by atoms with van der Waals surface area (Å²) < 4.78 is 1.95. The lowest BCUT2D eigenvalue weighted by molar-refractivity contribution is 0.489. The molecule has 2 aromatic rings. The lowest BCUT2D eigenvalue weighted by Crippen LogP contribution is -2.27. The van der Waals surface area contributed by atoms with E-state index >= 15 is 0 Å². The zero-order valence-electron chi connectivity index (χ0n) is 12.8. The molecule has 0 aliphatic carbocycles. The second kappa shape index (κ2) is 6.18. The van der Waals surface area contributed by atoms with Crippen LogP contribution in [0.5, 0.6) is 0 Å². The van der Waals surface area contributed by atoms with E-state index < -0.39 is 0 Å². The molecule has 0 radical (unpaired) electrons. The van der Waals surface area contributed by atoms with E-state index in [9.17, 15) is 0 Å². The molecule has 4 nitrogen and oxygen atoms in total. The van der Waals surface area contributed by atoms with Crippen molar-refractivity contribution in [1.29, 1.82) is 0 Å². The molecule has 1 atom stereocenters. The molecule has 0 amide bonds. The van der Waals surface area contributed by atoms with Gasteiger partial charge in [-0.2, -0.15) is 5.10 Å². The van der Waals surface area contributed by atoms with E-state index in [0.717, 1.165) is 18.7 Å². The summed E-state index contributed by atoms with van der Waals surface area (Å²) in [4.78, 5) is 4.33. The molecule has 2 N–H and O–H groups in total. The zero-order chi connectivity index (χ0) is 14.7. The van der Waals surface area contributed by atoms with Crippen molar-refractivity contribution in [3.63, 3.8) is 0 Å². The number of aryl methyl sites for hydroxylation is 2. The standard InChI is InChI=1S/C16H24N4/c1-11(2)20-16(18-10-19-20)9-15(17)8-14-6-12(3)5-13(4)7-14/h5-7,10-11,15H,8-9,17H2,1-4H3. The van der Waals surface area contributed by atoms with E-state index in [0.29, 0.717) is 6.04 Å². The maximum Gasteiger partial charge on any atom is 0.138 e. The Morgan fingerprint density at radius 2 is 1.75 bits per heavy atom. The lowest BCUT2D eigenvalue weighted by Gasteiger charge is -2.14. The molecule has 1 unspecified atom stereocenters. The van der Waals surface area contributed by atoms with Gasteiger partial charge in [-0.25, -0.2) is 9.67 Å². The van der Waals surface area contributed by atoms with Crippen LogP contribution in [-0.4, -0.2) is 20.8 Å². The normalized spacial score (nSPS) is 12.9. The van der Waals surface area contributed by atoms with Gasteiger partial charge in [-0.1, -0.05) is 29.3 Å². The maximum atomic E-state index is 6.29. The first-order valence-electron chi connectivity index (χ1n) is 7.17. The number of benzene rings is 1. The van der Waals surface area contributed by atoms with Gasteiger partial charge in [-0.05, 0) is 39.7 Å². The van der Waals surface area contributed by atoms with Gasteiger partial charge in [-0.3, -0.25) is 0 Å². The minimum atomic E-state index is 0.0675. The monoisotopic (exact) mass is 272 g/mol. The van der Waals surface area contributed by atoms with Crippen molar-refractivity contribution in [2.45, 2.75) is 52.6 Å². The number of nitrogens with two attached hydrogens (primary N) is 1. The molecule has 0 bridgehead atoms. The molecule has 1 aromatic carbocycles. The van der Waals surface area contributed by atoms with E-state index in [1.165, 1.54) is 16.7 Å². The van der Waals surface area contributed by atoms with Crippen molar-refractivity contribution >= 4 is 0 Å². The second-order valence-electron chi connectivity index (χ2n) is 5.88. The minimum absolute atomic E-state index is 0.0675. The van der Waals surface area contributed by atoms with E-state index in [2.05, 4.69) is 56.0 Å². The van der Waals surface area contributed by atoms with Crippen molar-refractivity contribution in [2.24, 2.45) is 5.73 Å². The van der Waals surface area contributed by atoms with Gasteiger partial charge >= 0.3 is 0 Å². The van der Waals surface area contributed by atoms with E-state index in [1.54, 1.807) is 6.33 Å². The third kappa shape index (κ3) is 3.67. The molecule has 0 fully saturated rings. The summed E-state index contributed by atoms with van der Waals surface area (Å²) in [5.41, 5.74) is 10.2. The van der Waals surface area contributed by atoms with Crippen molar-refractivity contribution in [3.8, 4) is 0 Å². The number of hydrogen-bond donors (Lipinski definition) is 1. The van der Waals surface area contributed by atoms with Crippen LogP contribution in [-0.2, 0) is 12.8 Å². The summed E-state index contributed by atoms with van der Waals surface area (Å²) in [5, 5.41) is 4.25. The van der Waals surface area contributed by atoms with E-state index in [1.807, 2.05) is 4.68 Å². The molecular formula is C16H24N4. The largest absolute Gasteiger partial charge is 0.327 e. The third-order valence-corrected chi connectivity index (χ3v) is 3.36. The number of aromatic nitrogens is 3. The molecule has 4 heteroatoms. The Labute approximate surface area is 121 Å². The molecule has 108 valence electrons. The highest BCUT2D eigenvalue weighted by atomic mass is 15.3. The highest BCUT2D eigenvalue weighted by molar-refractivity contribution is 5.29. The molecule has 0 saturated heterocycles. The fraction of sp³-hybridized carbons (Fsp3) is 0.500. The summed E-state index contributed by atoms with van der Waals surface area (Å²) >= 11 is 0. The first-order valence-corrected chi connectivity index (χ1v) is 7.17. The number of nitrogens with zero attached hydrogens (tertiary/aromatic N) is 3. The second-order valence-corrected chi connectivity index (χ2v) is 5.88.